The van der Waals surface area contributed by atoms with Crippen LogP contribution >= 0.6 is 0 Å². The van der Waals surface area contributed by atoms with E-state index in [-0.39, 0.29) is 11.3 Å². The van der Waals surface area contributed by atoms with Crippen LogP contribution in [-0.4, -0.2) is 27.8 Å². The maximum absolute atomic E-state index is 12.3. The first-order valence-corrected chi connectivity index (χ1v) is 7.75. The number of ether oxygens (including phenoxy) is 1. The molecule has 134 valence electrons. The summed E-state index contributed by atoms with van der Waals surface area (Å²) < 4.78 is 11.8. The van der Waals surface area contributed by atoms with Crippen molar-refractivity contribution < 1.29 is 18.7 Å². The Balaban J connectivity index is 2.14. The molecule has 2 aromatic rings. The molecule has 1 atom stereocenters. The molecule has 25 heavy (non-hydrogen) atoms. The Morgan fingerprint density at radius 2 is 1.92 bits per heavy atom. The van der Waals surface area contributed by atoms with Crippen LogP contribution in [0.2, 0.25) is 0 Å². The van der Waals surface area contributed by atoms with Crippen molar-refractivity contribution in [3.8, 4) is 0 Å². The minimum absolute atomic E-state index is 0.146. The second-order valence-corrected chi connectivity index (χ2v) is 5.89. The highest BCUT2D eigenvalue weighted by Crippen LogP contribution is 2.19. The Labute approximate surface area is 144 Å². The number of hydrogen-bond acceptors (Lipinski definition) is 6. The number of aromatic nitrogens is 2. The predicted octanol–water partition coefficient (Wildman–Crippen LogP) is 1.79. The van der Waals surface area contributed by atoms with Gasteiger partial charge >= 0.3 is 11.6 Å². The number of anilines is 1. The molecule has 1 N–H and O–H groups in total. The van der Waals surface area contributed by atoms with Crippen molar-refractivity contribution in [1.29, 1.82) is 0 Å². The normalized spacial score (nSPS) is 11.9. The monoisotopic (exact) mass is 347 g/mol. The van der Waals surface area contributed by atoms with Crippen LogP contribution < -0.4 is 10.9 Å². The standard InChI is InChI=1S/C17H21N3O5/c1-8-7-13(21)24-11(4)14(8)17(23)25-12(5)16(22)18-15-9(2)19-20(6)10(15)3/h7,12H,1-6H3,(H,18,22). The minimum Gasteiger partial charge on any atom is -0.449 e. The molecular weight excluding hydrogens is 326 g/mol. The summed E-state index contributed by atoms with van der Waals surface area (Å²) in [5, 5.41) is 6.94. The lowest BCUT2D eigenvalue weighted by Gasteiger charge is -2.15. The van der Waals surface area contributed by atoms with Crippen LogP contribution in [0.5, 0.6) is 0 Å². The van der Waals surface area contributed by atoms with E-state index in [0.717, 1.165) is 5.69 Å². The first kappa shape index (κ1) is 18.4. The van der Waals surface area contributed by atoms with E-state index in [9.17, 15) is 14.4 Å². The number of rotatable bonds is 4. The molecule has 0 radical (unpaired) electrons. The average Bonchev–Trinajstić information content (AvgIpc) is 2.72. The first-order valence-electron chi connectivity index (χ1n) is 7.75. The Morgan fingerprint density at radius 3 is 2.44 bits per heavy atom. The van der Waals surface area contributed by atoms with Gasteiger partial charge in [-0.15, -0.1) is 0 Å². The molecule has 8 heteroatoms. The molecule has 0 aliphatic heterocycles. The number of amides is 1. The van der Waals surface area contributed by atoms with Gasteiger partial charge in [0.1, 0.15) is 11.3 Å². The lowest BCUT2D eigenvalue weighted by Crippen LogP contribution is -2.31. The van der Waals surface area contributed by atoms with Crippen LogP contribution in [0.4, 0.5) is 5.69 Å². The third kappa shape index (κ3) is 3.78. The van der Waals surface area contributed by atoms with Gasteiger partial charge in [-0.1, -0.05) is 0 Å². The Hall–Kier alpha value is -2.90. The van der Waals surface area contributed by atoms with Crippen molar-refractivity contribution in [3.63, 3.8) is 0 Å². The Kier molecular flexibility index (Phi) is 5.10. The second kappa shape index (κ2) is 6.92. The van der Waals surface area contributed by atoms with E-state index in [1.807, 2.05) is 6.92 Å². The third-order valence-corrected chi connectivity index (χ3v) is 3.95. The highest BCUT2D eigenvalue weighted by atomic mass is 16.5. The Bertz CT molecular complexity index is 868. The molecule has 8 nitrogen and oxygen atoms in total. The number of nitrogens with zero attached hydrogens (tertiary/aromatic N) is 2. The molecule has 0 saturated heterocycles. The highest BCUT2D eigenvalue weighted by Gasteiger charge is 2.24. The zero-order valence-electron chi connectivity index (χ0n) is 15.1. The van der Waals surface area contributed by atoms with Gasteiger partial charge in [-0.3, -0.25) is 9.48 Å². The van der Waals surface area contributed by atoms with Crippen molar-refractivity contribution in [3.05, 3.63) is 44.8 Å². The molecule has 2 aromatic heterocycles. The molecule has 0 aromatic carbocycles. The van der Waals surface area contributed by atoms with Gasteiger partial charge in [-0.05, 0) is 40.2 Å². The molecule has 2 rings (SSSR count). The number of aryl methyl sites for hydroxylation is 4. The van der Waals surface area contributed by atoms with E-state index >= 15 is 0 Å². The van der Waals surface area contributed by atoms with Gasteiger partial charge < -0.3 is 14.5 Å². The van der Waals surface area contributed by atoms with Crippen molar-refractivity contribution >= 4 is 17.6 Å². The van der Waals surface area contributed by atoms with Crippen LogP contribution in [0.3, 0.4) is 0 Å². The summed E-state index contributed by atoms with van der Waals surface area (Å²) in [6.07, 6.45) is -1.03. The maximum Gasteiger partial charge on any atom is 0.342 e. The van der Waals surface area contributed by atoms with Crippen LogP contribution in [-0.2, 0) is 16.6 Å². The molecular formula is C17H21N3O5. The second-order valence-electron chi connectivity index (χ2n) is 5.89. The minimum atomic E-state index is -1.03. The van der Waals surface area contributed by atoms with Gasteiger partial charge in [0, 0.05) is 13.1 Å². The molecule has 0 bridgehead atoms. The quantitative estimate of drug-likeness (QED) is 0.846. The Morgan fingerprint density at radius 1 is 1.28 bits per heavy atom. The number of nitrogens with one attached hydrogen (secondary N) is 1. The van der Waals surface area contributed by atoms with E-state index in [1.165, 1.54) is 19.9 Å². The van der Waals surface area contributed by atoms with Crippen molar-refractivity contribution in [2.45, 2.75) is 40.7 Å². The molecule has 0 saturated carbocycles. The zero-order valence-corrected chi connectivity index (χ0v) is 15.1. The average molecular weight is 347 g/mol. The van der Waals surface area contributed by atoms with Gasteiger partial charge in [-0.25, -0.2) is 9.59 Å². The summed E-state index contributed by atoms with van der Waals surface area (Å²) >= 11 is 0. The molecule has 0 fully saturated rings. The summed E-state index contributed by atoms with van der Waals surface area (Å²) in [5.74, 6) is -1.04. The largest absolute Gasteiger partial charge is 0.449 e. The molecule has 1 amide bonds. The summed E-state index contributed by atoms with van der Waals surface area (Å²) in [7, 11) is 1.77. The first-order chi connectivity index (χ1) is 11.6. The van der Waals surface area contributed by atoms with Crippen LogP contribution in [0, 0.1) is 27.7 Å². The number of carbonyl (C=O) groups excluding carboxylic acids is 2. The van der Waals surface area contributed by atoms with Gasteiger partial charge in [0.15, 0.2) is 6.10 Å². The van der Waals surface area contributed by atoms with E-state index < -0.39 is 23.6 Å². The van der Waals surface area contributed by atoms with Crippen LogP contribution in [0.1, 0.15) is 40.0 Å². The number of hydrogen-bond donors (Lipinski definition) is 1. The van der Waals surface area contributed by atoms with Gasteiger partial charge in [0.25, 0.3) is 5.91 Å². The topological polar surface area (TPSA) is 103 Å². The number of carbonyl (C=O) groups is 2. The van der Waals surface area contributed by atoms with E-state index in [4.69, 9.17) is 9.15 Å². The number of esters is 1. The predicted molar refractivity (Wildman–Crippen MR) is 90.6 cm³/mol. The fourth-order valence-electron chi connectivity index (χ4n) is 2.52. The van der Waals surface area contributed by atoms with Crippen molar-refractivity contribution in [2.24, 2.45) is 7.05 Å². The lowest BCUT2D eigenvalue weighted by atomic mass is 10.1. The third-order valence-electron chi connectivity index (χ3n) is 3.95. The summed E-state index contributed by atoms with van der Waals surface area (Å²) in [4.78, 5) is 35.9. The van der Waals surface area contributed by atoms with Crippen molar-refractivity contribution in [1.82, 2.24) is 9.78 Å². The van der Waals surface area contributed by atoms with E-state index in [1.54, 1.807) is 25.6 Å². The molecule has 1 unspecified atom stereocenters. The van der Waals surface area contributed by atoms with E-state index in [0.29, 0.717) is 16.9 Å². The van der Waals surface area contributed by atoms with Gasteiger partial charge in [0.2, 0.25) is 0 Å². The molecule has 0 aliphatic carbocycles. The fraction of sp³-hybridized carbons (Fsp3) is 0.412. The summed E-state index contributed by atoms with van der Waals surface area (Å²) in [6.45, 7) is 8.17. The lowest BCUT2D eigenvalue weighted by molar-refractivity contribution is -0.123. The zero-order chi connectivity index (χ0) is 18.9. The van der Waals surface area contributed by atoms with Gasteiger partial charge in [-0.2, -0.15) is 5.10 Å². The van der Waals surface area contributed by atoms with E-state index in [2.05, 4.69) is 10.4 Å². The molecule has 0 aliphatic rings. The smallest absolute Gasteiger partial charge is 0.342 e. The molecule has 2 heterocycles. The fourth-order valence-corrected chi connectivity index (χ4v) is 2.52. The summed E-state index contributed by atoms with van der Waals surface area (Å²) in [5.41, 5.74) is 2.09. The molecule has 0 spiro atoms. The van der Waals surface area contributed by atoms with Crippen LogP contribution in [0.25, 0.3) is 0 Å². The highest BCUT2D eigenvalue weighted by molar-refractivity contribution is 5.98. The van der Waals surface area contributed by atoms with Crippen molar-refractivity contribution in [2.75, 3.05) is 5.32 Å². The summed E-state index contributed by atoms with van der Waals surface area (Å²) in [6, 6.07) is 1.21. The van der Waals surface area contributed by atoms with Crippen LogP contribution in [0.15, 0.2) is 15.3 Å². The van der Waals surface area contributed by atoms with Gasteiger partial charge in [0.05, 0.1) is 17.1 Å². The SMILES string of the molecule is Cc1cc(=O)oc(C)c1C(=O)OC(C)C(=O)Nc1c(C)nn(C)c1C. The maximum atomic E-state index is 12.3.